The van der Waals surface area contributed by atoms with E-state index in [1.54, 1.807) is 24.3 Å². The largest absolute Gasteiger partial charge is 0.368 e. The molecule has 0 aliphatic rings. The molecule has 0 fully saturated rings. The van der Waals surface area contributed by atoms with Crippen LogP contribution in [0.3, 0.4) is 0 Å². The van der Waals surface area contributed by atoms with Crippen molar-refractivity contribution in [3.8, 4) is 0 Å². The molecule has 4 N–H and O–H groups in total. The van der Waals surface area contributed by atoms with Crippen LogP contribution in [-0.4, -0.2) is 24.5 Å². The lowest BCUT2D eigenvalue weighted by atomic mass is 10.2. The van der Waals surface area contributed by atoms with Crippen molar-refractivity contribution in [2.45, 2.75) is 6.54 Å². The number of aromatic nitrogens is 1. The molecule has 1 rings (SSSR count). The van der Waals surface area contributed by atoms with Gasteiger partial charge >= 0.3 is 0 Å². The normalized spacial score (nSPS) is 9.86. The lowest BCUT2D eigenvalue weighted by molar-refractivity contribution is -0.116. The molecule has 0 spiro atoms. The third-order valence-corrected chi connectivity index (χ3v) is 1.91. The van der Waals surface area contributed by atoms with E-state index in [0.717, 1.165) is 11.3 Å². The Hall–Kier alpha value is -1.62. The third kappa shape index (κ3) is 2.43. The average Bonchev–Trinajstić information content (AvgIpc) is 2.16. The first-order valence-corrected chi connectivity index (χ1v) is 4.27. The van der Waals surface area contributed by atoms with Crippen LogP contribution in [0.1, 0.15) is 5.56 Å². The van der Waals surface area contributed by atoms with Crippen LogP contribution in [0.5, 0.6) is 0 Å². The fourth-order valence-corrected chi connectivity index (χ4v) is 1.25. The molecule has 0 radical (unpaired) electrons. The quantitative estimate of drug-likeness (QED) is 0.674. The Bertz CT molecular complexity index is 326. The van der Waals surface area contributed by atoms with Gasteiger partial charge in [0, 0.05) is 19.8 Å². The summed E-state index contributed by atoms with van der Waals surface area (Å²) in [6, 6.07) is 1.83. The van der Waals surface area contributed by atoms with E-state index < -0.39 is 0 Å². The lowest BCUT2D eigenvalue weighted by Gasteiger charge is -2.19. The summed E-state index contributed by atoms with van der Waals surface area (Å²) in [4.78, 5) is 16.4. The molecule has 1 aromatic rings. The van der Waals surface area contributed by atoms with Gasteiger partial charge in [-0.2, -0.15) is 0 Å². The molecule has 0 aliphatic carbocycles. The number of carbonyl (C=O) groups excluding carboxylic acids is 1. The molecular formula is C9H14N4O. The van der Waals surface area contributed by atoms with Gasteiger partial charge in [0.05, 0.1) is 18.4 Å². The zero-order valence-electron chi connectivity index (χ0n) is 8.10. The molecule has 5 heteroatoms. The molecule has 1 amide bonds. The predicted molar refractivity (Wildman–Crippen MR) is 54.6 cm³/mol. The molecule has 0 saturated carbocycles. The highest BCUT2D eigenvalue weighted by molar-refractivity contribution is 5.79. The number of carbonyl (C=O) groups is 1. The van der Waals surface area contributed by atoms with Crippen LogP contribution in [0.4, 0.5) is 5.69 Å². The van der Waals surface area contributed by atoms with Gasteiger partial charge in [0.25, 0.3) is 0 Å². The molecule has 0 aromatic carbocycles. The van der Waals surface area contributed by atoms with Gasteiger partial charge in [-0.1, -0.05) is 0 Å². The zero-order valence-corrected chi connectivity index (χ0v) is 8.10. The second-order valence-corrected chi connectivity index (χ2v) is 3.03. The summed E-state index contributed by atoms with van der Waals surface area (Å²) in [5.41, 5.74) is 12.4. The van der Waals surface area contributed by atoms with Gasteiger partial charge in [0.15, 0.2) is 0 Å². The second-order valence-electron chi connectivity index (χ2n) is 3.03. The van der Waals surface area contributed by atoms with Crippen molar-refractivity contribution in [2.24, 2.45) is 11.5 Å². The molecule has 14 heavy (non-hydrogen) atoms. The second kappa shape index (κ2) is 4.57. The number of likely N-dealkylation sites (N-methyl/N-ethyl adjacent to an activating group) is 1. The Morgan fingerprint density at radius 3 is 2.93 bits per heavy atom. The molecule has 76 valence electrons. The van der Waals surface area contributed by atoms with Crippen molar-refractivity contribution in [3.05, 3.63) is 24.0 Å². The maximum atomic E-state index is 10.7. The number of nitrogens with zero attached hydrogens (tertiary/aromatic N) is 2. The number of hydrogen-bond acceptors (Lipinski definition) is 4. The van der Waals surface area contributed by atoms with Gasteiger partial charge < -0.3 is 16.4 Å². The van der Waals surface area contributed by atoms with Gasteiger partial charge in [-0.25, -0.2) is 0 Å². The van der Waals surface area contributed by atoms with Gasteiger partial charge in [0.2, 0.25) is 5.91 Å². The minimum atomic E-state index is -0.376. The maximum Gasteiger partial charge on any atom is 0.236 e. The summed E-state index contributed by atoms with van der Waals surface area (Å²) in [5, 5.41) is 0. The Morgan fingerprint density at radius 2 is 2.36 bits per heavy atom. The summed E-state index contributed by atoms with van der Waals surface area (Å²) in [7, 11) is 1.78. The highest BCUT2D eigenvalue weighted by Gasteiger charge is 2.07. The van der Waals surface area contributed by atoms with E-state index in [1.165, 1.54) is 0 Å². The van der Waals surface area contributed by atoms with E-state index in [-0.39, 0.29) is 12.5 Å². The van der Waals surface area contributed by atoms with Gasteiger partial charge in [-0.05, 0) is 11.6 Å². The third-order valence-electron chi connectivity index (χ3n) is 1.91. The van der Waals surface area contributed by atoms with Crippen LogP contribution in [0.15, 0.2) is 18.5 Å². The number of amides is 1. The van der Waals surface area contributed by atoms with Crippen LogP contribution < -0.4 is 16.4 Å². The number of anilines is 1. The Morgan fingerprint density at radius 1 is 1.64 bits per heavy atom. The fourth-order valence-electron chi connectivity index (χ4n) is 1.25. The summed E-state index contributed by atoms with van der Waals surface area (Å²) in [6.45, 7) is 0.583. The van der Waals surface area contributed by atoms with Gasteiger partial charge in [0.1, 0.15) is 0 Å². The van der Waals surface area contributed by atoms with Crippen molar-refractivity contribution >= 4 is 11.6 Å². The van der Waals surface area contributed by atoms with Gasteiger partial charge in [-0.15, -0.1) is 0 Å². The van der Waals surface area contributed by atoms with Crippen LogP contribution >= 0.6 is 0 Å². The summed E-state index contributed by atoms with van der Waals surface area (Å²) < 4.78 is 0. The fraction of sp³-hybridized carbons (Fsp3) is 0.333. The number of nitrogens with two attached hydrogens (primary N) is 2. The molecule has 1 heterocycles. The van der Waals surface area contributed by atoms with Crippen LogP contribution in [0.25, 0.3) is 0 Å². The number of rotatable bonds is 4. The monoisotopic (exact) mass is 194 g/mol. The Kier molecular flexibility index (Phi) is 3.41. The van der Waals surface area contributed by atoms with E-state index in [9.17, 15) is 4.79 Å². The first-order valence-electron chi connectivity index (χ1n) is 4.27. The van der Waals surface area contributed by atoms with E-state index in [4.69, 9.17) is 11.5 Å². The first kappa shape index (κ1) is 10.5. The van der Waals surface area contributed by atoms with E-state index in [2.05, 4.69) is 4.98 Å². The molecule has 0 atom stereocenters. The molecule has 0 bridgehead atoms. The van der Waals surface area contributed by atoms with Crippen LogP contribution in [0, 0.1) is 0 Å². The van der Waals surface area contributed by atoms with E-state index in [0.29, 0.717) is 6.54 Å². The standard InChI is InChI=1S/C9H14N4O/c1-13(6-9(11)14)8-5-12-3-2-7(8)4-10/h2-3,5H,4,6,10H2,1H3,(H2,11,14). The van der Waals surface area contributed by atoms with Crippen LogP contribution in [-0.2, 0) is 11.3 Å². The van der Waals surface area contributed by atoms with E-state index >= 15 is 0 Å². The topological polar surface area (TPSA) is 85.2 Å². The zero-order chi connectivity index (χ0) is 10.6. The summed E-state index contributed by atoms with van der Waals surface area (Å²) in [6.07, 6.45) is 3.34. The highest BCUT2D eigenvalue weighted by Crippen LogP contribution is 2.16. The average molecular weight is 194 g/mol. The summed E-state index contributed by atoms with van der Waals surface area (Å²) in [5.74, 6) is -0.376. The highest BCUT2D eigenvalue weighted by atomic mass is 16.1. The Labute approximate surface area is 82.7 Å². The first-order chi connectivity index (χ1) is 6.65. The smallest absolute Gasteiger partial charge is 0.236 e. The van der Waals surface area contributed by atoms with Gasteiger partial charge in [-0.3, -0.25) is 9.78 Å². The predicted octanol–water partition coefficient (Wildman–Crippen LogP) is -0.538. The van der Waals surface area contributed by atoms with E-state index in [1.807, 2.05) is 6.07 Å². The van der Waals surface area contributed by atoms with Crippen molar-refractivity contribution in [1.29, 1.82) is 0 Å². The lowest BCUT2D eigenvalue weighted by Crippen LogP contribution is -2.31. The minimum Gasteiger partial charge on any atom is -0.368 e. The van der Waals surface area contributed by atoms with Crippen molar-refractivity contribution in [2.75, 3.05) is 18.5 Å². The number of hydrogen-bond donors (Lipinski definition) is 2. The van der Waals surface area contributed by atoms with Crippen molar-refractivity contribution in [1.82, 2.24) is 4.98 Å². The minimum absolute atomic E-state index is 0.165. The number of primary amides is 1. The van der Waals surface area contributed by atoms with Crippen molar-refractivity contribution < 1.29 is 4.79 Å². The summed E-state index contributed by atoms with van der Waals surface area (Å²) >= 11 is 0. The van der Waals surface area contributed by atoms with Crippen LogP contribution in [0.2, 0.25) is 0 Å². The molecule has 5 nitrogen and oxygen atoms in total. The molecular weight excluding hydrogens is 180 g/mol. The molecule has 0 saturated heterocycles. The number of pyridine rings is 1. The molecule has 0 aliphatic heterocycles. The maximum absolute atomic E-state index is 10.7. The molecule has 0 unspecified atom stereocenters. The van der Waals surface area contributed by atoms with Crippen molar-refractivity contribution in [3.63, 3.8) is 0 Å². The molecule has 1 aromatic heterocycles. The Balaban J connectivity index is 2.87. The SMILES string of the molecule is CN(CC(N)=O)c1cnccc1CN.